The summed E-state index contributed by atoms with van der Waals surface area (Å²) in [7, 11) is 0. The van der Waals surface area contributed by atoms with Gasteiger partial charge in [-0.15, -0.1) is 0 Å². The molecule has 3 aromatic rings. The Balaban J connectivity index is 1.66. The van der Waals surface area contributed by atoms with E-state index in [-0.39, 0.29) is 11.8 Å². The lowest BCUT2D eigenvalue weighted by atomic mass is 10.2. The summed E-state index contributed by atoms with van der Waals surface area (Å²) in [5, 5.41) is 8.81. The molecule has 1 aromatic heterocycles. The number of benzene rings is 2. The van der Waals surface area contributed by atoms with Crippen LogP contribution in [-0.4, -0.2) is 16.8 Å². The Morgan fingerprint density at radius 3 is 2.41 bits per heavy atom. The van der Waals surface area contributed by atoms with Crippen molar-refractivity contribution in [1.29, 1.82) is 0 Å². The molecular weight excluding hydrogens is 340 g/mol. The van der Waals surface area contributed by atoms with Gasteiger partial charge < -0.3 is 16.0 Å². The highest BCUT2D eigenvalue weighted by molar-refractivity contribution is 5.93. The summed E-state index contributed by atoms with van der Waals surface area (Å²) in [6.45, 7) is 1.90. The summed E-state index contributed by atoms with van der Waals surface area (Å²) in [6, 6.07) is 20.5. The highest BCUT2D eigenvalue weighted by atomic mass is 16.2. The standard InChI is InChI=1S/C21H20N4O2/c1-15(26)24-17-8-5-9-18(12-17)25-19-10-11-22-20(13-19)21(27)23-14-16-6-3-2-4-7-16/h2-13H,14H2,1H3,(H,22,25)(H,23,27)(H,24,26). The molecule has 2 aromatic carbocycles. The third-order valence-electron chi connectivity index (χ3n) is 3.76. The van der Waals surface area contributed by atoms with Crippen LogP contribution in [0.5, 0.6) is 0 Å². The zero-order chi connectivity index (χ0) is 19.1. The van der Waals surface area contributed by atoms with Crippen molar-refractivity contribution in [3.05, 3.63) is 84.2 Å². The van der Waals surface area contributed by atoms with Crippen molar-refractivity contribution in [2.24, 2.45) is 0 Å². The van der Waals surface area contributed by atoms with Crippen molar-refractivity contribution in [2.45, 2.75) is 13.5 Å². The minimum Gasteiger partial charge on any atom is -0.355 e. The molecule has 0 saturated heterocycles. The van der Waals surface area contributed by atoms with Crippen LogP contribution in [0, 0.1) is 0 Å². The van der Waals surface area contributed by atoms with Crippen LogP contribution in [-0.2, 0) is 11.3 Å². The van der Waals surface area contributed by atoms with Crippen LogP contribution in [0.1, 0.15) is 23.0 Å². The smallest absolute Gasteiger partial charge is 0.270 e. The molecular formula is C21H20N4O2. The number of nitrogens with one attached hydrogen (secondary N) is 3. The van der Waals surface area contributed by atoms with Gasteiger partial charge in [-0.1, -0.05) is 36.4 Å². The molecule has 6 nitrogen and oxygen atoms in total. The van der Waals surface area contributed by atoms with Gasteiger partial charge in [0, 0.05) is 36.7 Å². The van der Waals surface area contributed by atoms with Crippen LogP contribution in [0.25, 0.3) is 0 Å². The third-order valence-corrected chi connectivity index (χ3v) is 3.76. The van der Waals surface area contributed by atoms with Gasteiger partial charge in [-0.2, -0.15) is 0 Å². The van der Waals surface area contributed by atoms with E-state index in [0.29, 0.717) is 17.9 Å². The zero-order valence-corrected chi connectivity index (χ0v) is 14.9. The van der Waals surface area contributed by atoms with E-state index in [4.69, 9.17) is 0 Å². The summed E-state index contributed by atoms with van der Waals surface area (Å²) < 4.78 is 0. The lowest BCUT2D eigenvalue weighted by Crippen LogP contribution is -2.23. The minimum atomic E-state index is -0.241. The SMILES string of the molecule is CC(=O)Nc1cccc(Nc2ccnc(C(=O)NCc3ccccc3)c2)c1. The van der Waals surface area contributed by atoms with Crippen molar-refractivity contribution in [2.75, 3.05) is 10.6 Å². The van der Waals surface area contributed by atoms with Crippen LogP contribution in [0.15, 0.2) is 72.9 Å². The molecule has 0 aliphatic rings. The summed E-state index contributed by atoms with van der Waals surface area (Å²) >= 11 is 0. The highest BCUT2D eigenvalue weighted by Gasteiger charge is 2.08. The second-order valence-electron chi connectivity index (χ2n) is 5.99. The largest absolute Gasteiger partial charge is 0.355 e. The fourth-order valence-corrected chi connectivity index (χ4v) is 2.55. The number of hydrogen-bond acceptors (Lipinski definition) is 4. The molecule has 0 fully saturated rings. The Morgan fingerprint density at radius 2 is 1.63 bits per heavy atom. The molecule has 27 heavy (non-hydrogen) atoms. The first-order valence-electron chi connectivity index (χ1n) is 8.53. The Morgan fingerprint density at radius 1 is 0.889 bits per heavy atom. The first-order valence-corrected chi connectivity index (χ1v) is 8.53. The molecule has 0 aliphatic carbocycles. The van der Waals surface area contributed by atoms with Gasteiger partial charge in [0.1, 0.15) is 5.69 Å². The number of aromatic nitrogens is 1. The first-order chi connectivity index (χ1) is 13.1. The Kier molecular flexibility index (Phi) is 5.79. The topological polar surface area (TPSA) is 83.1 Å². The fourth-order valence-electron chi connectivity index (χ4n) is 2.55. The van der Waals surface area contributed by atoms with E-state index in [1.54, 1.807) is 18.3 Å². The van der Waals surface area contributed by atoms with E-state index < -0.39 is 0 Å². The zero-order valence-electron chi connectivity index (χ0n) is 14.9. The van der Waals surface area contributed by atoms with Gasteiger partial charge in [0.2, 0.25) is 5.91 Å². The van der Waals surface area contributed by atoms with Crippen LogP contribution >= 0.6 is 0 Å². The summed E-state index contributed by atoms with van der Waals surface area (Å²) in [6.07, 6.45) is 1.58. The number of rotatable bonds is 6. The van der Waals surface area contributed by atoms with Gasteiger partial charge in [-0.05, 0) is 35.9 Å². The predicted molar refractivity (Wildman–Crippen MR) is 106 cm³/mol. The van der Waals surface area contributed by atoms with Crippen molar-refractivity contribution < 1.29 is 9.59 Å². The number of carbonyl (C=O) groups is 2. The second kappa shape index (κ2) is 8.62. The van der Waals surface area contributed by atoms with E-state index in [9.17, 15) is 9.59 Å². The molecule has 1 heterocycles. The summed E-state index contributed by atoms with van der Waals surface area (Å²) in [5.74, 6) is -0.372. The maximum absolute atomic E-state index is 12.3. The molecule has 0 aliphatic heterocycles. The molecule has 0 atom stereocenters. The summed E-state index contributed by atoms with van der Waals surface area (Å²) in [4.78, 5) is 27.7. The van der Waals surface area contributed by atoms with Crippen molar-refractivity contribution >= 4 is 28.9 Å². The van der Waals surface area contributed by atoms with Crippen molar-refractivity contribution in [3.8, 4) is 0 Å². The van der Waals surface area contributed by atoms with Crippen LogP contribution in [0.2, 0.25) is 0 Å². The molecule has 0 bridgehead atoms. The lowest BCUT2D eigenvalue weighted by molar-refractivity contribution is -0.114. The van der Waals surface area contributed by atoms with E-state index in [2.05, 4.69) is 20.9 Å². The molecule has 136 valence electrons. The Labute approximate surface area is 157 Å². The Hall–Kier alpha value is -3.67. The van der Waals surface area contributed by atoms with E-state index >= 15 is 0 Å². The number of anilines is 3. The van der Waals surface area contributed by atoms with Gasteiger partial charge in [0.15, 0.2) is 0 Å². The predicted octanol–water partition coefficient (Wildman–Crippen LogP) is 3.71. The number of pyridine rings is 1. The Bertz CT molecular complexity index is 942. The number of nitrogens with zero attached hydrogens (tertiary/aromatic N) is 1. The monoisotopic (exact) mass is 360 g/mol. The van der Waals surface area contributed by atoms with Crippen LogP contribution < -0.4 is 16.0 Å². The van der Waals surface area contributed by atoms with E-state index in [1.807, 2.05) is 54.6 Å². The molecule has 3 rings (SSSR count). The maximum atomic E-state index is 12.3. The molecule has 0 radical (unpaired) electrons. The number of amides is 2. The molecule has 0 spiro atoms. The van der Waals surface area contributed by atoms with Gasteiger partial charge in [-0.3, -0.25) is 14.6 Å². The highest BCUT2D eigenvalue weighted by Crippen LogP contribution is 2.20. The first kappa shape index (κ1) is 18.1. The van der Waals surface area contributed by atoms with Gasteiger partial charge in [0.25, 0.3) is 5.91 Å². The fraction of sp³-hybridized carbons (Fsp3) is 0.0952. The molecule has 6 heteroatoms. The summed E-state index contributed by atoms with van der Waals surface area (Å²) in [5.41, 5.74) is 3.57. The average molecular weight is 360 g/mol. The van der Waals surface area contributed by atoms with Crippen molar-refractivity contribution in [3.63, 3.8) is 0 Å². The quantitative estimate of drug-likeness (QED) is 0.626. The van der Waals surface area contributed by atoms with E-state index in [1.165, 1.54) is 6.92 Å². The van der Waals surface area contributed by atoms with Crippen LogP contribution in [0.3, 0.4) is 0 Å². The van der Waals surface area contributed by atoms with Crippen molar-refractivity contribution in [1.82, 2.24) is 10.3 Å². The number of hydrogen-bond donors (Lipinski definition) is 3. The van der Waals surface area contributed by atoms with Gasteiger partial charge >= 0.3 is 0 Å². The minimum absolute atomic E-state index is 0.131. The molecule has 2 amide bonds. The molecule has 3 N–H and O–H groups in total. The molecule has 0 saturated carbocycles. The van der Waals surface area contributed by atoms with Gasteiger partial charge in [-0.25, -0.2) is 0 Å². The maximum Gasteiger partial charge on any atom is 0.270 e. The van der Waals surface area contributed by atoms with Crippen LogP contribution in [0.4, 0.5) is 17.1 Å². The lowest BCUT2D eigenvalue weighted by Gasteiger charge is -2.10. The average Bonchev–Trinajstić information content (AvgIpc) is 2.67. The normalized spacial score (nSPS) is 10.1. The molecule has 0 unspecified atom stereocenters. The third kappa shape index (κ3) is 5.40. The number of carbonyl (C=O) groups excluding carboxylic acids is 2. The van der Waals surface area contributed by atoms with Gasteiger partial charge in [0.05, 0.1) is 0 Å². The second-order valence-corrected chi connectivity index (χ2v) is 5.99. The van der Waals surface area contributed by atoms with E-state index in [0.717, 1.165) is 16.9 Å².